The maximum absolute atomic E-state index is 12.0. The summed E-state index contributed by atoms with van der Waals surface area (Å²) in [6.45, 7) is 0. The highest BCUT2D eigenvalue weighted by Gasteiger charge is 2.21. The molecule has 1 aromatic carbocycles. The molecule has 0 saturated heterocycles. The number of nitrogens with zero attached hydrogens (tertiary/aromatic N) is 1. The minimum absolute atomic E-state index is 0.00429. The van der Waals surface area contributed by atoms with Gasteiger partial charge in [-0.25, -0.2) is 8.42 Å². The number of nitrogens with one attached hydrogen (secondary N) is 1. The van der Waals surface area contributed by atoms with Gasteiger partial charge < -0.3 is 0 Å². The number of H-pyrrole nitrogens is 1. The minimum atomic E-state index is -3.55. The molecule has 1 N–H and O–H groups in total. The van der Waals surface area contributed by atoms with Gasteiger partial charge in [-0.15, -0.1) is 0 Å². The van der Waals surface area contributed by atoms with Crippen molar-refractivity contribution in [1.29, 1.82) is 0 Å². The normalized spacial score (nSPS) is 11.5. The van der Waals surface area contributed by atoms with Crippen LogP contribution in [0.5, 0.6) is 0 Å². The summed E-state index contributed by atoms with van der Waals surface area (Å²) < 4.78 is 23.9. The highest BCUT2D eigenvalue weighted by Crippen LogP contribution is 2.24. The molecule has 1 heterocycles. The zero-order valence-corrected chi connectivity index (χ0v) is 9.09. The van der Waals surface area contributed by atoms with Crippen molar-refractivity contribution in [2.45, 2.75) is 9.79 Å². The van der Waals surface area contributed by atoms with Gasteiger partial charge in [0.25, 0.3) is 0 Å². The van der Waals surface area contributed by atoms with Crippen LogP contribution < -0.4 is 0 Å². The molecule has 0 aliphatic heterocycles. The average Bonchev–Trinajstić information content (AvgIpc) is 2.66. The number of hydrogen-bond donors (Lipinski definition) is 1. The van der Waals surface area contributed by atoms with Gasteiger partial charge >= 0.3 is 0 Å². The first-order valence-corrected chi connectivity index (χ1v) is 5.97. The van der Waals surface area contributed by atoms with Crippen LogP contribution in [-0.2, 0) is 9.84 Å². The molecular weight excluding hydrogens is 236 g/mol. The molecule has 2 aromatic rings. The molecule has 78 valence electrons. The Kier molecular flexibility index (Phi) is 2.50. The molecule has 0 aliphatic carbocycles. The average molecular weight is 243 g/mol. The molecule has 0 spiro atoms. The number of sulfone groups is 1. The molecule has 0 bridgehead atoms. The Morgan fingerprint density at radius 3 is 2.40 bits per heavy atom. The first-order valence-electron chi connectivity index (χ1n) is 4.11. The molecule has 0 atom stereocenters. The maximum atomic E-state index is 12.0. The van der Waals surface area contributed by atoms with Crippen molar-refractivity contribution in [3.05, 3.63) is 41.7 Å². The molecular formula is C9H7ClN2O2S. The fraction of sp³-hybridized carbons (Fsp3) is 0. The van der Waals surface area contributed by atoms with Crippen molar-refractivity contribution >= 4 is 21.4 Å². The molecule has 0 saturated carbocycles. The zero-order chi connectivity index (χ0) is 10.9. The van der Waals surface area contributed by atoms with E-state index in [0.29, 0.717) is 0 Å². The van der Waals surface area contributed by atoms with E-state index in [9.17, 15) is 8.42 Å². The van der Waals surface area contributed by atoms with Crippen LogP contribution in [0.25, 0.3) is 0 Å². The molecule has 2 rings (SSSR count). The lowest BCUT2D eigenvalue weighted by Gasteiger charge is -2.00. The van der Waals surface area contributed by atoms with E-state index >= 15 is 0 Å². The van der Waals surface area contributed by atoms with Crippen molar-refractivity contribution in [1.82, 2.24) is 10.2 Å². The molecule has 0 aliphatic rings. The van der Waals surface area contributed by atoms with Crippen LogP contribution in [0.2, 0.25) is 5.15 Å². The lowest BCUT2D eigenvalue weighted by Crippen LogP contribution is -2.00. The first kappa shape index (κ1) is 10.2. The summed E-state index contributed by atoms with van der Waals surface area (Å²) in [6, 6.07) is 8.08. The maximum Gasteiger partial charge on any atom is 0.211 e. The Hall–Kier alpha value is -1.33. The summed E-state index contributed by atoms with van der Waals surface area (Å²) in [6.07, 6.45) is 1.20. The monoisotopic (exact) mass is 242 g/mol. The third-order valence-electron chi connectivity index (χ3n) is 1.90. The number of halogens is 1. The van der Waals surface area contributed by atoms with Crippen LogP contribution in [0, 0.1) is 0 Å². The Morgan fingerprint density at radius 1 is 1.20 bits per heavy atom. The first-order chi connectivity index (χ1) is 7.12. The second kappa shape index (κ2) is 3.67. The smallest absolute Gasteiger partial charge is 0.211 e. The topological polar surface area (TPSA) is 62.8 Å². The number of aromatic nitrogens is 2. The number of hydrogen-bond acceptors (Lipinski definition) is 3. The fourth-order valence-corrected chi connectivity index (χ4v) is 2.82. The fourth-order valence-electron chi connectivity index (χ4n) is 1.17. The van der Waals surface area contributed by atoms with Gasteiger partial charge in [0.05, 0.1) is 11.1 Å². The van der Waals surface area contributed by atoms with Crippen LogP contribution in [0.15, 0.2) is 46.3 Å². The van der Waals surface area contributed by atoms with Crippen LogP contribution in [0.4, 0.5) is 0 Å². The standard InChI is InChI=1S/C9H7ClN2O2S/c10-9-8(6-11-12-9)15(13,14)7-4-2-1-3-5-7/h1-6H,(H,11,12). The summed E-state index contributed by atoms with van der Waals surface area (Å²) >= 11 is 5.68. The largest absolute Gasteiger partial charge is 0.266 e. The van der Waals surface area contributed by atoms with E-state index in [1.165, 1.54) is 18.3 Å². The second-order valence-electron chi connectivity index (χ2n) is 2.86. The SMILES string of the molecule is O=S(=O)(c1ccccc1)c1cn[nH]c1Cl. The van der Waals surface area contributed by atoms with Crippen molar-refractivity contribution in [2.75, 3.05) is 0 Å². The summed E-state index contributed by atoms with van der Waals surface area (Å²) in [5.41, 5.74) is 0. The van der Waals surface area contributed by atoms with Crippen molar-refractivity contribution < 1.29 is 8.42 Å². The zero-order valence-electron chi connectivity index (χ0n) is 7.51. The summed E-state index contributed by atoms with van der Waals surface area (Å²) in [5.74, 6) is 0. The van der Waals surface area contributed by atoms with Gasteiger partial charge in [0.15, 0.2) is 0 Å². The van der Waals surface area contributed by atoms with E-state index < -0.39 is 9.84 Å². The van der Waals surface area contributed by atoms with Crippen LogP contribution >= 0.6 is 11.6 Å². The Balaban J connectivity index is 2.60. The predicted octanol–water partition coefficient (Wildman–Crippen LogP) is 1.90. The van der Waals surface area contributed by atoms with Gasteiger partial charge in [-0.2, -0.15) is 5.10 Å². The molecule has 0 unspecified atom stereocenters. The molecule has 0 amide bonds. The van der Waals surface area contributed by atoms with Gasteiger partial charge in [0.2, 0.25) is 9.84 Å². The van der Waals surface area contributed by atoms with E-state index in [1.54, 1.807) is 18.2 Å². The molecule has 0 fully saturated rings. The predicted molar refractivity (Wildman–Crippen MR) is 55.5 cm³/mol. The molecule has 0 radical (unpaired) electrons. The Bertz CT molecular complexity index is 563. The van der Waals surface area contributed by atoms with E-state index in [1.807, 2.05) is 0 Å². The van der Waals surface area contributed by atoms with Gasteiger partial charge in [0.1, 0.15) is 10.0 Å². The van der Waals surface area contributed by atoms with Crippen LogP contribution in [-0.4, -0.2) is 18.6 Å². The quantitative estimate of drug-likeness (QED) is 0.875. The van der Waals surface area contributed by atoms with Gasteiger partial charge in [-0.3, -0.25) is 5.10 Å². The summed E-state index contributed by atoms with van der Waals surface area (Å²) in [4.78, 5) is 0.198. The number of benzene rings is 1. The third-order valence-corrected chi connectivity index (χ3v) is 4.09. The van der Waals surface area contributed by atoms with Crippen LogP contribution in [0.1, 0.15) is 0 Å². The van der Waals surface area contributed by atoms with E-state index in [2.05, 4.69) is 10.2 Å². The van der Waals surface area contributed by atoms with Crippen LogP contribution in [0.3, 0.4) is 0 Å². The highest BCUT2D eigenvalue weighted by atomic mass is 35.5. The Morgan fingerprint density at radius 2 is 1.87 bits per heavy atom. The lowest BCUT2D eigenvalue weighted by molar-refractivity contribution is 0.596. The molecule has 15 heavy (non-hydrogen) atoms. The number of aromatic amines is 1. The summed E-state index contributed by atoms with van der Waals surface area (Å²) in [7, 11) is -3.55. The second-order valence-corrected chi connectivity index (χ2v) is 5.16. The van der Waals surface area contributed by atoms with E-state index in [-0.39, 0.29) is 14.9 Å². The molecule has 4 nitrogen and oxygen atoms in total. The Labute approximate surface area is 91.8 Å². The van der Waals surface area contributed by atoms with Gasteiger partial charge in [0, 0.05) is 0 Å². The molecule has 1 aromatic heterocycles. The third kappa shape index (κ3) is 1.75. The number of rotatable bonds is 2. The van der Waals surface area contributed by atoms with Crippen molar-refractivity contribution in [3.63, 3.8) is 0 Å². The molecule has 6 heteroatoms. The lowest BCUT2D eigenvalue weighted by atomic mass is 10.4. The van der Waals surface area contributed by atoms with E-state index in [0.717, 1.165) is 0 Å². The highest BCUT2D eigenvalue weighted by molar-refractivity contribution is 7.91. The van der Waals surface area contributed by atoms with Gasteiger partial charge in [-0.1, -0.05) is 29.8 Å². The minimum Gasteiger partial charge on any atom is -0.266 e. The summed E-state index contributed by atoms with van der Waals surface area (Å²) in [5, 5.41) is 5.98. The van der Waals surface area contributed by atoms with Gasteiger partial charge in [-0.05, 0) is 12.1 Å². The van der Waals surface area contributed by atoms with E-state index in [4.69, 9.17) is 11.6 Å². The van der Waals surface area contributed by atoms with Crippen molar-refractivity contribution in [3.8, 4) is 0 Å². The van der Waals surface area contributed by atoms with Crippen molar-refractivity contribution in [2.24, 2.45) is 0 Å².